The van der Waals surface area contributed by atoms with Gasteiger partial charge < -0.3 is 10.2 Å². The Balaban J connectivity index is 1.62. The van der Waals surface area contributed by atoms with Crippen molar-refractivity contribution >= 4 is 11.9 Å². The number of nitrogens with zero attached hydrogens (tertiary/aromatic N) is 3. The third-order valence-corrected chi connectivity index (χ3v) is 4.85. The summed E-state index contributed by atoms with van der Waals surface area (Å²) >= 11 is 0. The van der Waals surface area contributed by atoms with Crippen LogP contribution in [0.4, 0.5) is 32.3 Å². The summed E-state index contributed by atoms with van der Waals surface area (Å²) in [5, 5.41) is 2.46. The summed E-state index contributed by atoms with van der Waals surface area (Å²) in [7, 11) is 0. The van der Waals surface area contributed by atoms with E-state index < -0.39 is 35.0 Å². The molecule has 1 fully saturated rings. The van der Waals surface area contributed by atoms with E-state index in [1.807, 2.05) is 4.90 Å². The van der Waals surface area contributed by atoms with Crippen molar-refractivity contribution in [3.63, 3.8) is 0 Å². The van der Waals surface area contributed by atoms with Crippen LogP contribution in [0.2, 0.25) is 0 Å². The van der Waals surface area contributed by atoms with Crippen molar-refractivity contribution in [3.8, 4) is 0 Å². The number of aromatic nitrogens is 2. The van der Waals surface area contributed by atoms with Gasteiger partial charge in [-0.3, -0.25) is 4.79 Å². The molecule has 2 aromatic rings. The quantitative estimate of drug-likeness (QED) is 0.738. The van der Waals surface area contributed by atoms with Gasteiger partial charge in [-0.1, -0.05) is 0 Å². The molecule has 0 unspecified atom stereocenters. The standard InChI is InChI=1S/C19H18F6N4O/c20-18(21,22)14-8-13(9-15(10-14)19(23,24)25)16(30)28-11-12-2-6-29(7-3-12)17-26-4-1-5-27-17/h1,4-5,8-10,12H,2-3,6-7,11H2,(H,28,30). The summed E-state index contributed by atoms with van der Waals surface area (Å²) in [6.07, 6.45) is -5.40. The molecule has 3 rings (SSSR count). The van der Waals surface area contributed by atoms with E-state index in [4.69, 9.17) is 0 Å². The van der Waals surface area contributed by atoms with Crippen LogP contribution in [0.3, 0.4) is 0 Å². The second-order valence-corrected chi connectivity index (χ2v) is 6.98. The van der Waals surface area contributed by atoms with Crippen LogP contribution in [0.1, 0.15) is 34.3 Å². The summed E-state index contributed by atoms with van der Waals surface area (Å²) in [4.78, 5) is 22.5. The zero-order valence-electron chi connectivity index (χ0n) is 15.6. The summed E-state index contributed by atoms with van der Waals surface area (Å²) in [5.41, 5.74) is -3.70. The number of hydrogen-bond donors (Lipinski definition) is 1. The second kappa shape index (κ2) is 8.49. The number of hydrogen-bond acceptors (Lipinski definition) is 4. The van der Waals surface area contributed by atoms with E-state index in [0.717, 1.165) is 0 Å². The van der Waals surface area contributed by atoms with Crippen LogP contribution in [-0.2, 0) is 12.4 Å². The van der Waals surface area contributed by atoms with Gasteiger partial charge in [-0.2, -0.15) is 26.3 Å². The molecule has 1 saturated heterocycles. The number of piperidine rings is 1. The molecule has 2 heterocycles. The summed E-state index contributed by atoms with van der Waals surface area (Å²) in [5.74, 6) is -0.342. The first-order valence-electron chi connectivity index (χ1n) is 9.13. The van der Waals surface area contributed by atoms with E-state index in [1.165, 1.54) is 0 Å². The van der Waals surface area contributed by atoms with Crippen LogP contribution in [-0.4, -0.2) is 35.5 Å². The molecule has 1 aliphatic rings. The van der Waals surface area contributed by atoms with Gasteiger partial charge in [0.1, 0.15) is 0 Å². The van der Waals surface area contributed by atoms with Gasteiger partial charge in [0, 0.05) is 37.6 Å². The smallest absolute Gasteiger partial charge is 0.352 e. The van der Waals surface area contributed by atoms with E-state index in [1.54, 1.807) is 18.5 Å². The van der Waals surface area contributed by atoms with E-state index in [9.17, 15) is 31.1 Å². The molecule has 0 bridgehead atoms. The molecule has 1 aromatic heterocycles. The maximum absolute atomic E-state index is 12.9. The Morgan fingerprint density at radius 1 is 0.967 bits per heavy atom. The molecule has 0 atom stereocenters. The van der Waals surface area contributed by atoms with Gasteiger partial charge in [-0.05, 0) is 43.0 Å². The Morgan fingerprint density at radius 3 is 2.00 bits per heavy atom. The molecular weight excluding hydrogens is 414 g/mol. The number of amides is 1. The third kappa shape index (κ3) is 5.39. The van der Waals surface area contributed by atoms with Gasteiger partial charge in [-0.25, -0.2) is 9.97 Å². The third-order valence-electron chi connectivity index (χ3n) is 4.85. The number of halogens is 6. The average Bonchev–Trinajstić information content (AvgIpc) is 2.71. The minimum atomic E-state index is -5.00. The first kappa shape index (κ1) is 21.8. The van der Waals surface area contributed by atoms with E-state index in [2.05, 4.69) is 15.3 Å². The molecule has 1 aliphatic heterocycles. The maximum Gasteiger partial charge on any atom is 0.416 e. The highest BCUT2D eigenvalue weighted by Gasteiger charge is 2.37. The average molecular weight is 432 g/mol. The highest BCUT2D eigenvalue weighted by atomic mass is 19.4. The molecule has 1 aromatic carbocycles. The minimum absolute atomic E-state index is 0.00183. The molecule has 5 nitrogen and oxygen atoms in total. The van der Waals surface area contributed by atoms with Crippen LogP contribution >= 0.6 is 0 Å². The monoisotopic (exact) mass is 432 g/mol. The molecule has 1 N–H and O–H groups in total. The van der Waals surface area contributed by atoms with Crippen molar-refractivity contribution in [1.82, 2.24) is 15.3 Å². The Morgan fingerprint density at radius 2 is 1.50 bits per heavy atom. The van der Waals surface area contributed by atoms with Gasteiger partial charge in [0.05, 0.1) is 11.1 Å². The van der Waals surface area contributed by atoms with Crippen LogP contribution in [0, 0.1) is 5.92 Å². The molecule has 11 heteroatoms. The number of anilines is 1. The molecule has 162 valence electrons. The van der Waals surface area contributed by atoms with Gasteiger partial charge in [-0.15, -0.1) is 0 Å². The van der Waals surface area contributed by atoms with Crippen molar-refractivity contribution < 1.29 is 31.1 Å². The first-order chi connectivity index (χ1) is 14.0. The van der Waals surface area contributed by atoms with Crippen molar-refractivity contribution in [2.75, 3.05) is 24.5 Å². The molecule has 0 radical (unpaired) electrons. The lowest BCUT2D eigenvalue weighted by molar-refractivity contribution is -0.143. The van der Waals surface area contributed by atoms with Gasteiger partial charge in [0.2, 0.25) is 5.95 Å². The minimum Gasteiger partial charge on any atom is -0.352 e. The summed E-state index contributed by atoms with van der Waals surface area (Å²) in [6, 6.07) is 2.56. The number of carbonyl (C=O) groups excluding carboxylic acids is 1. The van der Waals surface area contributed by atoms with E-state index in [0.29, 0.717) is 44.0 Å². The Hall–Kier alpha value is -2.85. The van der Waals surface area contributed by atoms with Crippen molar-refractivity contribution in [2.24, 2.45) is 5.92 Å². The molecule has 0 spiro atoms. The lowest BCUT2D eigenvalue weighted by Crippen LogP contribution is -2.39. The number of rotatable bonds is 4. The van der Waals surface area contributed by atoms with Crippen molar-refractivity contribution in [2.45, 2.75) is 25.2 Å². The SMILES string of the molecule is O=C(NCC1CCN(c2ncccn2)CC1)c1cc(C(F)(F)F)cc(C(F)(F)F)c1. The topological polar surface area (TPSA) is 58.1 Å². The van der Waals surface area contributed by atoms with E-state index in [-0.39, 0.29) is 18.5 Å². The number of carbonyl (C=O) groups is 1. The molecular formula is C19H18F6N4O. The van der Waals surface area contributed by atoms with Crippen molar-refractivity contribution in [1.29, 1.82) is 0 Å². The summed E-state index contributed by atoms with van der Waals surface area (Å²) in [6.45, 7) is 1.42. The van der Waals surface area contributed by atoms with Gasteiger partial charge in [0.15, 0.2) is 0 Å². The second-order valence-electron chi connectivity index (χ2n) is 6.98. The lowest BCUT2D eigenvalue weighted by Gasteiger charge is -2.31. The highest BCUT2D eigenvalue weighted by molar-refractivity contribution is 5.94. The predicted octanol–water partition coefficient (Wildman–Crippen LogP) is 4.16. The fourth-order valence-electron chi connectivity index (χ4n) is 3.22. The predicted molar refractivity (Wildman–Crippen MR) is 95.7 cm³/mol. The highest BCUT2D eigenvalue weighted by Crippen LogP contribution is 2.36. The number of benzene rings is 1. The molecule has 1 amide bonds. The fourth-order valence-corrected chi connectivity index (χ4v) is 3.22. The summed E-state index contributed by atoms with van der Waals surface area (Å²) < 4.78 is 77.6. The van der Waals surface area contributed by atoms with Crippen LogP contribution in [0.25, 0.3) is 0 Å². The van der Waals surface area contributed by atoms with Gasteiger partial charge >= 0.3 is 12.4 Å². The Labute approximate surface area is 168 Å². The van der Waals surface area contributed by atoms with Crippen LogP contribution in [0.5, 0.6) is 0 Å². The first-order valence-corrected chi connectivity index (χ1v) is 9.13. The molecule has 0 saturated carbocycles. The Kier molecular flexibility index (Phi) is 6.18. The van der Waals surface area contributed by atoms with Gasteiger partial charge in [0.25, 0.3) is 5.91 Å². The van der Waals surface area contributed by atoms with Crippen LogP contribution < -0.4 is 10.2 Å². The molecule has 30 heavy (non-hydrogen) atoms. The zero-order valence-corrected chi connectivity index (χ0v) is 15.6. The van der Waals surface area contributed by atoms with E-state index >= 15 is 0 Å². The Bertz CT molecular complexity index is 845. The number of nitrogens with one attached hydrogen (secondary N) is 1. The van der Waals surface area contributed by atoms with Crippen LogP contribution in [0.15, 0.2) is 36.7 Å². The lowest BCUT2D eigenvalue weighted by atomic mass is 9.96. The van der Waals surface area contributed by atoms with Crippen molar-refractivity contribution in [3.05, 3.63) is 53.3 Å². The maximum atomic E-state index is 12.9. The number of alkyl halides is 6. The molecule has 0 aliphatic carbocycles. The fraction of sp³-hybridized carbons (Fsp3) is 0.421. The zero-order chi connectivity index (χ0) is 21.9. The largest absolute Gasteiger partial charge is 0.416 e. The normalized spacial score (nSPS) is 15.9.